The average Bonchev–Trinajstić information content (AvgIpc) is 3.11. The molecule has 2 aromatic heterocycles. The molecule has 2 aliphatic rings. The summed E-state index contributed by atoms with van der Waals surface area (Å²) in [4.78, 5) is 25.6. The van der Waals surface area contributed by atoms with Gasteiger partial charge in [-0.3, -0.25) is 9.36 Å². The Labute approximate surface area is 200 Å². The van der Waals surface area contributed by atoms with Crippen LogP contribution >= 0.6 is 11.6 Å². The van der Waals surface area contributed by atoms with E-state index >= 15 is 0 Å². The first-order chi connectivity index (χ1) is 16.2. The Morgan fingerprint density at radius 1 is 1.18 bits per heavy atom. The van der Waals surface area contributed by atoms with Crippen molar-refractivity contribution in [2.24, 2.45) is 11.1 Å². The molecule has 0 atom stereocenters. The molecule has 2 fully saturated rings. The molecular formula is C23H26ClF2N7O. The Bertz CT molecular complexity index is 1230. The number of rotatable bonds is 6. The smallest absolute Gasteiger partial charge is 0.224 e. The number of imidazole rings is 1. The first kappa shape index (κ1) is 22.8. The second kappa shape index (κ2) is 8.65. The molecule has 0 bridgehead atoms. The Hall–Kier alpha value is -3.01. The minimum atomic E-state index is -0.827. The van der Waals surface area contributed by atoms with Gasteiger partial charge < -0.3 is 16.4 Å². The van der Waals surface area contributed by atoms with Gasteiger partial charge in [-0.1, -0.05) is 18.5 Å². The first-order valence-corrected chi connectivity index (χ1v) is 11.8. The van der Waals surface area contributed by atoms with Crippen molar-refractivity contribution >= 4 is 46.3 Å². The molecule has 2 saturated carbocycles. The highest BCUT2D eigenvalue weighted by Gasteiger charge is 2.38. The number of fused-ring (bicyclic) bond motifs is 1. The van der Waals surface area contributed by atoms with E-state index in [1.54, 1.807) is 6.20 Å². The van der Waals surface area contributed by atoms with Crippen LogP contribution in [-0.2, 0) is 4.79 Å². The third-order valence-electron chi connectivity index (χ3n) is 7.13. The number of anilines is 3. The SMILES string of the molecule is C[C@]1(C(N)=O)CC[C@@H](n2c(Nc3c(F)cc(Cl)cc3F)nc3cnc(NC4CCC4)nc32)CC1. The summed E-state index contributed by atoms with van der Waals surface area (Å²) in [7, 11) is 0. The lowest BCUT2D eigenvalue weighted by Gasteiger charge is -2.35. The molecule has 2 aliphatic carbocycles. The van der Waals surface area contributed by atoms with Gasteiger partial charge in [0.05, 0.1) is 6.20 Å². The van der Waals surface area contributed by atoms with Crippen LogP contribution in [0.1, 0.15) is 57.9 Å². The Morgan fingerprint density at radius 2 is 1.85 bits per heavy atom. The predicted octanol–water partition coefficient (Wildman–Crippen LogP) is 5.07. The predicted molar refractivity (Wildman–Crippen MR) is 126 cm³/mol. The summed E-state index contributed by atoms with van der Waals surface area (Å²) < 4.78 is 31.0. The van der Waals surface area contributed by atoms with Gasteiger partial charge in [-0.25, -0.2) is 18.7 Å². The van der Waals surface area contributed by atoms with Crippen LogP contribution in [0.3, 0.4) is 0 Å². The highest BCUT2D eigenvalue weighted by atomic mass is 35.5. The van der Waals surface area contributed by atoms with Gasteiger partial charge in [0.15, 0.2) is 17.3 Å². The molecule has 0 saturated heterocycles. The van der Waals surface area contributed by atoms with Gasteiger partial charge in [0.1, 0.15) is 11.2 Å². The number of nitrogens with one attached hydrogen (secondary N) is 2. The van der Waals surface area contributed by atoms with E-state index in [-0.39, 0.29) is 28.6 Å². The molecule has 11 heteroatoms. The first-order valence-electron chi connectivity index (χ1n) is 11.5. The molecule has 2 heterocycles. The topological polar surface area (TPSA) is 111 Å². The van der Waals surface area contributed by atoms with Crippen molar-refractivity contribution in [3.8, 4) is 0 Å². The van der Waals surface area contributed by atoms with Crippen LogP contribution in [-0.4, -0.2) is 31.5 Å². The van der Waals surface area contributed by atoms with E-state index in [1.807, 2.05) is 11.5 Å². The van der Waals surface area contributed by atoms with Gasteiger partial charge in [0, 0.05) is 22.5 Å². The number of primary amides is 1. The van der Waals surface area contributed by atoms with Crippen molar-refractivity contribution in [1.29, 1.82) is 0 Å². The fourth-order valence-corrected chi connectivity index (χ4v) is 4.84. The van der Waals surface area contributed by atoms with Crippen molar-refractivity contribution < 1.29 is 13.6 Å². The third-order valence-corrected chi connectivity index (χ3v) is 7.35. The van der Waals surface area contributed by atoms with Crippen molar-refractivity contribution in [3.63, 3.8) is 0 Å². The maximum atomic E-state index is 14.6. The van der Waals surface area contributed by atoms with Crippen LogP contribution in [0.25, 0.3) is 11.2 Å². The van der Waals surface area contributed by atoms with E-state index < -0.39 is 17.0 Å². The number of amides is 1. The van der Waals surface area contributed by atoms with Gasteiger partial charge in [-0.15, -0.1) is 0 Å². The van der Waals surface area contributed by atoms with Crippen molar-refractivity contribution in [3.05, 3.63) is 35.0 Å². The number of carbonyl (C=O) groups is 1. The molecule has 4 N–H and O–H groups in total. The molecule has 0 aliphatic heterocycles. The lowest BCUT2D eigenvalue weighted by Crippen LogP contribution is -2.38. The van der Waals surface area contributed by atoms with Crippen molar-refractivity contribution in [2.45, 2.75) is 64.0 Å². The highest BCUT2D eigenvalue weighted by Crippen LogP contribution is 2.43. The zero-order valence-electron chi connectivity index (χ0n) is 18.7. The van der Waals surface area contributed by atoms with Crippen molar-refractivity contribution in [2.75, 3.05) is 10.6 Å². The highest BCUT2D eigenvalue weighted by molar-refractivity contribution is 6.30. The van der Waals surface area contributed by atoms with Crippen LogP contribution in [0.15, 0.2) is 18.3 Å². The van der Waals surface area contributed by atoms with Crippen LogP contribution in [0, 0.1) is 17.0 Å². The van der Waals surface area contributed by atoms with E-state index in [4.69, 9.17) is 22.3 Å². The summed E-state index contributed by atoms with van der Waals surface area (Å²) >= 11 is 5.78. The largest absolute Gasteiger partial charge is 0.369 e. The van der Waals surface area contributed by atoms with Gasteiger partial charge >= 0.3 is 0 Å². The number of hydrogen-bond donors (Lipinski definition) is 3. The molecule has 34 heavy (non-hydrogen) atoms. The lowest BCUT2D eigenvalue weighted by atomic mass is 9.73. The second-order valence-electron chi connectivity index (χ2n) is 9.51. The summed E-state index contributed by atoms with van der Waals surface area (Å²) in [6.07, 6.45) is 7.37. The van der Waals surface area contributed by atoms with E-state index in [0.29, 0.717) is 48.8 Å². The lowest BCUT2D eigenvalue weighted by molar-refractivity contribution is -0.128. The maximum absolute atomic E-state index is 14.6. The van der Waals surface area contributed by atoms with Crippen LogP contribution in [0.5, 0.6) is 0 Å². The molecule has 0 radical (unpaired) electrons. The Kier molecular flexibility index (Phi) is 5.79. The molecule has 0 spiro atoms. The second-order valence-corrected chi connectivity index (χ2v) is 9.94. The summed E-state index contributed by atoms with van der Waals surface area (Å²) in [5.74, 6) is -1.23. The Morgan fingerprint density at radius 3 is 2.44 bits per heavy atom. The number of halogens is 3. The summed E-state index contributed by atoms with van der Waals surface area (Å²) in [6, 6.07) is 2.33. The number of aromatic nitrogens is 4. The molecule has 1 aromatic carbocycles. The average molecular weight is 490 g/mol. The van der Waals surface area contributed by atoms with Gasteiger partial charge in [0.2, 0.25) is 17.8 Å². The maximum Gasteiger partial charge on any atom is 0.224 e. The molecule has 180 valence electrons. The molecular weight excluding hydrogens is 464 g/mol. The van der Waals surface area contributed by atoms with Crippen LogP contribution in [0.2, 0.25) is 5.02 Å². The minimum absolute atomic E-state index is 0.0374. The van der Waals surface area contributed by atoms with Crippen LogP contribution in [0.4, 0.5) is 26.4 Å². The van der Waals surface area contributed by atoms with Gasteiger partial charge in [-0.2, -0.15) is 4.98 Å². The van der Waals surface area contributed by atoms with E-state index in [1.165, 1.54) is 6.42 Å². The van der Waals surface area contributed by atoms with Crippen LogP contribution < -0.4 is 16.4 Å². The monoisotopic (exact) mass is 489 g/mol. The summed E-state index contributed by atoms with van der Waals surface area (Å²) in [5, 5.41) is 6.11. The molecule has 3 aromatic rings. The number of nitrogens with two attached hydrogens (primary N) is 1. The number of nitrogens with zero attached hydrogens (tertiary/aromatic N) is 4. The minimum Gasteiger partial charge on any atom is -0.369 e. The van der Waals surface area contributed by atoms with E-state index in [0.717, 1.165) is 25.0 Å². The van der Waals surface area contributed by atoms with E-state index in [9.17, 15) is 13.6 Å². The summed E-state index contributed by atoms with van der Waals surface area (Å²) in [5.41, 5.74) is 5.75. The molecule has 0 unspecified atom stereocenters. The van der Waals surface area contributed by atoms with E-state index in [2.05, 4.69) is 20.6 Å². The molecule has 8 nitrogen and oxygen atoms in total. The number of carbonyl (C=O) groups excluding carboxylic acids is 1. The molecule has 5 rings (SSSR count). The quantitative estimate of drug-likeness (QED) is 0.445. The zero-order valence-corrected chi connectivity index (χ0v) is 19.5. The zero-order chi connectivity index (χ0) is 24.0. The fraction of sp³-hybridized carbons (Fsp3) is 0.478. The fourth-order valence-electron chi connectivity index (χ4n) is 4.65. The normalized spacial score (nSPS) is 23.0. The standard InChI is InChI=1S/C23H26ClF2N7O/c1-23(20(27)34)7-5-14(6-8-23)33-19-17(11-28-21(32-19)29-13-3-2-4-13)30-22(33)31-18-15(25)9-12(24)10-16(18)26/h9-11,13-14H,2-8H2,1H3,(H2,27,34)(H,30,31)(H,28,29,32)/t14-,23+. The molecule has 1 amide bonds. The number of hydrogen-bond acceptors (Lipinski definition) is 6. The van der Waals surface area contributed by atoms with Crippen molar-refractivity contribution in [1.82, 2.24) is 19.5 Å². The summed E-state index contributed by atoms with van der Waals surface area (Å²) in [6.45, 7) is 1.87. The number of benzene rings is 1. The van der Waals surface area contributed by atoms with Gasteiger partial charge in [0.25, 0.3) is 0 Å². The Balaban J connectivity index is 1.55. The third kappa shape index (κ3) is 4.15. The van der Waals surface area contributed by atoms with Gasteiger partial charge in [-0.05, 0) is 57.1 Å².